The molecule has 0 aromatic heterocycles. The van der Waals surface area contributed by atoms with Gasteiger partial charge in [0.25, 0.3) is 0 Å². The predicted octanol–water partition coefficient (Wildman–Crippen LogP) is -0.270. The van der Waals surface area contributed by atoms with Crippen molar-refractivity contribution in [2.75, 3.05) is 18.2 Å². The van der Waals surface area contributed by atoms with Crippen LogP contribution in [0.25, 0.3) is 0 Å². The van der Waals surface area contributed by atoms with Crippen LogP contribution in [0.4, 0.5) is 0 Å². The van der Waals surface area contributed by atoms with E-state index in [2.05, 4.69) is 5.32 Å². The minimum absolute atomic E-state index is 0.104. The Hall–Kier alpha value is -1.24. The fourth-order valence-electron chi connectivity index (χ4n) is 2.09. The summed E-state index contributed by atoms with van der Waals surface area (Å²) in [6.45, 7) is 2.05. The summed E-state index contributed by atoms with van der Waals surface area (Å²) in [5.74, 6) is 0.400. The van der Waals surface area contributed by atoms with Crippen molar-refractivity contribution in [3.8, 4) is 0 Å². The molecule has 100 valence electrons. The first kappa shape index (κ1) is 13.2. The SMILES string of the molecule is CCOC(=O)[C@@H]1CSCN1[14C](=O)[14C@@H]1[14CH2][14CH2][14C](=O)N1. The number of nitrogens with one attached hydrogen (secondary N) is 1. The lowest BCUT2D eigenvalue weighted by atomic mass is 10.3. The van der Waals surface area contributed by atoms with Gasteiger partial charge in [-0.3, -0.25) is 9.59 Å². The Morgan fingerprint density at radius 2 is 2.56 bits per heavy atom. The third kappa shape index (κ3) is 2.60. The standard InChI is InChI=1S/C11H16N2O4S/c1-2-17-11(16)8-5-18-6-13(8)10(15)7-3-4-9(14)12-7/h7-8H,2-6H2,1H3,(H,12,14)/t7-,8-/m0/s1/i3+2,4+2,7+2,9+2,10+2. The molecule has 2 fully saturated rings. The molecule has 18 heavy (non-hydrogen) atoms. The highest BCUT2D eigenvalue weighted by atomic mass is 32.2. The van der Waals surface area contributed by atoms with Crippen LogP contribution in [0.2, 0.25) is 0 Å². The molecule has 0 aliphatic carbocycles. The Morgan fingerprint density at radius 1 is 1.78 bits per heavy atom. The molecule has 2 atom stereocenters. The summed E-state index contributed by atoms with van der Waals surface area (Å²) in [5.41, 5.74) is 0. The number of rotatable bonds is 3. The second-order valence-corrected chi connectivity index (χ2v) is 5.23. The maximum atomic E-state index is 12.2. The first-order valence-electron chi connectivity index (χ1n) is 5.97. The maximum absolute atomic E-state index is 12.2. The molecule has 6 nitrogen and oxygen atoms in total. The van der Waals surface area contributed by atoms with E-state index in [1.54, 1.807) is 6.92 Å². The van der Waals surface area contributed by atoms with Crippen LogP contribution < -0.4 is 5.32 Å². The summed E-state index contributed by atoms with van der Waals surface area (Å²) >= 11 is 1.52. The van der Waals surface area contributed by atoms with Crippen molar-refractivity contribution in [3.05, 3.63) is 0 Å². The van der Waals surface area contributed by atoms with Gasteiger partial charge in [-0.25, -0.2) is 4.79 Å². The highest BCUT2D eigenvalue weighted by molar-refractivity contribution is 7.99. The highest BCUT2D eigenvalue weighted by Gasteiger charge is 2.40. The van der Waals surface area contributed by atoms with Crippen molar-refractivity contribution in [2.45, 2.75) is 31.8 Å². The largest absolute Gasteiger partial charge is 0.464 e. The van der Waals surface area contributed by atoms with Gasteiger partial charge in [-0.1, -0.05) is 0 Å². The van der Waals surface area contributed by atoms with E-state index >= 15 is 0 Å². The smallest absolute Gasteiger partial charge is 0.329 e. The fraction of sp³-hybridized carbons (Fsp3) is 0.727. The molecule has 0 aromatic rings. The van der Waals surface area contributed by atoms with Gasteiger partial charge in [0.2, 0.25) is 11.8 Å². The molecule has 7 heteroatoms. The summed E-state index contributed by atoms with van der Waals surface area (Å²) in [6.07, 6.45) is 0.885. The van der Waals surface area contributed by atoms with Gasteiger partial charge in [0.05, 0.1) is 12.5 Å². The van der Waals surface area contributed by atoms with Crippen molar-refractivity contribution >= 4 is 29.5 Å². The van der Waals surface area contributed by atoms with Crippen molar-refractivity contribution in [1.82, 2.24) is 10.2 Å². The first-order valence-corrected chi connectivity index (χ1v) is 7.13. The molecule has 0 aromatic carbocycles. The number of hydrogen-bond acceptors (Lipinski definition) is 5. The normalized spacial score (nSPS) is 27.2. The van der Waals surface area contributed by atoms with Gasteiger partial charge >= 0.3 is 5.97 Å². The van der Waals surface area contributed by atoms with Gasteiger partial charge in [0.1, 0.15) is 12.1 Å². The third-order valence-corrected chi connectivity index (χ3v) is 4.03. The third-order valence-electron chi connectivity index (χ3n) is 3.02. The molecule has 2 saturated heterocycles. The number of esters is 1. The molecule has 0 bridgehead atoms. The molecule has 1 N–H and O–H groups in total. The van der Waals surface area contributed by atoms with Crippen molar-refractivity contribution in [3.63, 3.8) is 0 Å². The van der Waals surface area contributed by atoms with Gasteiger partial charge < -0.3 is 15.0 Å². The summed E-state index contributed by atoms with van der Waals surface area (Å²) in [5, 5.41) is 2.63. The van der Waals surface area contributed by atoms with Crippen molar-refractivity contribution in [2.24, 2.45) is 0 Å². The molecule has 0 unspecified atom stereocenters. The van der Waals surface area contributed by atoms with E-state index in [-0.39, 0.29) is 17.8 Å². The van der Waals surface area contributed by atoms with E-state index in [0.717, 1.165) is 0 Å². The number of amides is 2. The van der Waals surface area contributed by atoms with E-state index < -0.39 is 12.1 Å². The Bertz CT molecular complexity index is 374. The average Bonchev–Trinajstić information content (AvgIpc) is 2.96. The average molecular weight is 282 g/mol. The van der Waals surface area contributed by atoms with Gasteiger partial charge in [0, 0.05) is 12.2 Å². The first-order chi connectivity index (χ1) is 8.63. The van der Waals surface area contributed by atoms with Crippen LogP contribution in [-0.2, 0) is 19.1 Å². The lowest BCUT2D eigenvalue weighted by Gasteiger charge is -2.24. The summed E-state index contributed by atoms with van der Waals surface area (Å²) < 4.78 is 4.96. The van der Waals surface area contributed by atoms with E-state index in [1.807, 2.05) is 0 Å². The number of nitrogens with zero attached hydrogens (tertiary/aromatic N) is 1. The van der Waals surface area contributed by atoms with Gasteiger partial charge in [-0.2, -0.15) is 0 Å². The van der Waals surface area contributed by atoms with E-state index in [0.29, 0.717) is 31.1 Å². The fourth-order valence-corrected chi connectivity index (χ4v) is 3.24. The monoisotopic (exact) mass is 282 g/mol. The Balaban J connectivity index is 2.00. The number of carbonyl (C=O) groups is 3. The molecule has 0 radical (unpaired) electrons. The van der Waals surface area contributed by atoms with Crippen LogP contribution in [0.5, 0.6) is 0 Å². The molecule has 0 saturated carbocycles. The second-order valence-electron chi connectivity index (χ2n) is 4.23. The summed E-state index contributed by atoms with van der Waals surface area (Å²) in [4.78, 5) is 36.5. The lowest BCUT2D eigenvalue weighted by Crippen LogP contribution is -2.49. The highest BCUT2D eigenvalue weighted by Crippen LogP contribution is 2.24. The predicted molar refractivity (Wildman–Crippen MR) is 65.8 cm³/mol. The molecule has 2 aliphatic heterocycles. The van der Waals surface area contributed by atoms with Crippen molar-refractivity contribution < 1.29 is 19.1 Å². The number of carbonyl (C=O) groups excluding carboxylic acids is 3. The molecule has 2 rings (SSSR count). The Labute approximate surface area is 109 Å². The number of thioether (sulfide) groups is 1. The zero-order chi connectivity index (χ0) is 13.1. The lowest BCUT2D eigenvalue weighted by molar-refractivity contribution is -0.153. The molecule has 2 amide bonds. The van der Waals surface area contributed by atoms with Gasteiger partial charge in [-0.15, -0.1) is 11.8 Å². The van der Waals surface area contributed by atoms with Crippen LogP contribution in [0.1, 0.15) is 19.8 Å². The van der Waals surface area contributed by atoms with Crippen molar-refractivity contribution in [1.29, 1.82) is 0 Å². The zero-order valence-corrected chi connectivity index (χ0v) is 11.0. The van der Waals surface area contributed by atoms with Crippen LogP contribution in [-0.4, -0.2) is 53.0 Å². The van der Waals surface area contributed by atoms with Crippen LogP contribution in [0, 0.1) is 0 Å². The van der Waals surface area contributed by atoms with Crippen LogP contribution in [0.3, 0.4) is 0 Å². The van der Waals surface area contributed by atoms with Crippen LogP contribution in [0.15, 0.2) is 0 Å². The van der Waals surface area contributed by atoms with Gasteiger partial charge in [0.15, 0.2) is 0 Å². The zero-order valence-electron chi connectivity index (χ0n) is 10.2. The molecule has 2 aliphatic rings. The summed E-state index contributed by atoms with van der Waals surface area (Å²) in [7, 11) is 0. The molecular formula is C11H16N2O4S. The Morgan fingerprint density at radius 3 is 3.17 bits per heavy atom. The van der Waals surface area contributed by atoms with E-state index in [1.165, 1.54) is 16.7 Å². The van der Waals surface area contributed by atoms with E-state index in [9.17, 15) is 14.4 Å². The van der Waals surface area contributed by atoms with Crippen LogP contribution >= 0.6 is 11.8 Å². The van der Waals surface area contributed by atoms with Gasteiger partial charge in [-0.05, 0) is 13.3 Å². The minimum Gasteiger partial charge on any atom is -0.464 e. The number of hydrogen-bond donors (Lipinski definition) is 1. The Kier molecular flexibility index (Phi) is 4.11. The molecule has 2 heterocycles. The minimum atomic E-state index is -0.514. The summed E-state index contributed by atoms with van der Waals surface area (Å²) in [6, 6.07) is -0.993. The molecular weight excluding hydrogens is 266 g/mol. The topological polar surface area (TPSA) is 75.7 Å². The quantitative estimate of drug-likeness (QED) is 0.721. The number of ether oxygens (including phenoxy) is 1. The molecule has 0 spiro atoms. The van der Waals surface area contributed by atoms with E-state index in [4.69, 9.17) is 4.74 Å². The maximum Gasteiger partial charge on any atom is 0.329 e. The second kappa shape index (κ2) is 5.60.